The molecule has 6 nitrogen and oxygen atoms in total. The number of hydrogen-bond acceptors (Lipinski definition) is 6. The number of anilines is 2. The van der Waals surface area contributed by atoms with Gasteiger partial charge in [0.1, 0.15) is 11.8 Å². The second-order valence-corrected chi connectivity index (χ2v) is 5.17. The van der Waals surface area contributed by atoms with Crippen LogP contribution in [0.15, 0.2) is 24.4 Å². The van der Waals surface area contributed by atoms with Crippen molar-refractivity contribution in [3.05, 3.63) is 41.1 Å². The lowest BCUT2D eigenvalue weighted by molar-refractivity contribution is 0.105. The molecule has 0 radical (unpaired) electrons. The Morgan fingerprint density at radius 3 is 3.00 bits per heavy atom. The lowest BCUT2D eigenvalue weighted by atomic mass is 10.2. The van der Waals surface area contributed by atoms with E-state index in [0.717, 1.165) is 25.1 Å². The normalized spacial score (nSPS) is 17.9. The maximum atomic E-state index is 6.09. The van der Waals surface area contributed by atoms with E-state index in [9.17, 15) is 0 Å². The van der Waals surface area contributed by atoms with Crippen LogP contribution in [0.1, 0.15) is 30.5 Å². The summed E-state index contributed by atoms with van der Waals surface area (Å²) in [6.07, 6.45) is 3.55. The second kappa shape index (κ2) is 6.24. The average Bonchev–Trinajstić information content (AvgIpc) is 3.04. The number of nitrogens with two attached hydrogens (primary N) is 1. The number of pyridine rings is 1. The fraction of sp³-hybridized carbons (Fsp3) is 0.357. The van der Waals surface area contributed by atoms with E-state index in [4.69, 9.17) is 22.1 Å². The van der Waals surface area contributed by atoms with Gasteiger partial charge in [0.2, 0.25) is 0 Å². The summed E-state index contributed by atoms with van der Waals surface area (Å²) in [5.41, 5.74) is 7.17. The number of nitrogen functional groups attached to an aromatic ring is 1. The van der Waals surface area contributed by atoms with E-state index < -0.39 is 0 Å². The van der Waals surface area contributed by atoms with Gasteiger partial charge < -0.3 is 15.8 Å². The lowest BCUT2D eigenvalue weighted by Crippen LogP contribution is -2.11. The molecule has 1 aliphatic rings. The van der Waals surface area contributed by atoms with Crippen molar-refractivity contribution >= 4 is 23.1 Å². The molecule has 0 saturated carbocycles. The summed E-state index contributed by atoms with van der Waals surface area (Å²) in [4.78, 5) is 12.9. The predicted molar refractivity (Wildman–Crippen MR) is 80.9 cm³/mol. The Labute approximate surface area is 127 Å². The molecule has 0 aromatic carbocycles. The fourth-order valence-corrected chi connectivity index (χ4v) is 2.37. The molecule has 2 aromatic rings. The summed E-state index contributed by atoms with van der Waals surface area (Å²) in [7, 11) is 0. The Hall–Kier alpha value is -1.92. The van der Waals surface area contributed by atoms with Crippen LogP contribution in [0.3, 0.4) is 0 Å². The smallest absolute Gasteiger partial charge is 0.161 e. The molecule has 0 bridgehead atoms. The summed E-state index contributed by atoms with van der Waals surface area (Å²) in [6, 6.07) is 5.72. The Kier molecular flexibility index (Phi) is 4.17. The first kappa shape index (κ1) is 14.0. The number of nitrogens with zero attached hydrogens (tertiary/aromatic N) is 3. The standard InChI is InChI=1S/C14H16ClN5O/c15-12-11(16)14(18-8-9-4-1-2-6-17-9)20-13(19-12)10-5-3-7-21-10/h1-2,4,6,10H,3,5,7-8,16H2,(H,18,19,20). The first-order valence-electron chi connectivity index (χ1n) is 6.82. The number of rotatable bonds is 4. The van der Waals surface area contributed by atoms with Crippen LogP contribution < -0.4 is 11.1 Å². The first-order valence-corrected chi connectivity index (χ1v) is 7.20. The molecule has 3 heterocycles. The topological polar surface area (TPSA) is 86.0 Å². The molecule has 3 N–H and O–H groups in total. The van der Waals surface area contributed by atoms with Gasteiger partial charge in [0.15, 0.2) is 16.8 Å². The summed E-state index contributed by atoms with van der Waals surface area (Å²) in [6.45, 7) is 1.25. The van der Waals surface area contributed by atoms with Crippen molar-refractivity contribution in [1.82, 2.24) is 15.0 Å². The number of hydrogen-bond donors (Lipinski definition) is 2. The molecule has 1 fully saturated rings. The third kappa shape index (κ3) is 3.22. The number of aromatic nitrogens is 3. The number of halogens is 1. The van der Waals surface area contributed by atoms with E-state index >= 15 is 0 Å². The minimum atomic E-state index is -0.0986. The van der Waals surface area contributed by atoms with E-state index in [1.807, 2.05) is 18.2 Å². The van der Waals surface area contributed by atoms with Crippen LogP contribution in [0.2, 0.25) is 5.15 Å². The average molecular weight is 306 g/mol. The fourth-order valence-electron chi connectivity index (χ4n) is 2.20. The Bertz CT molecular complexity index is 616. The highest BCUT2D eigenvalue weighted by Crippen LogP contribution is 2.31. The molecule has 0 spiro atoms. The van der Waals surface area contributed by atoms with Gasteiger partial charge in [-0.05, 0) is 25.0 Å². The van der Waals surface area contributed by atoms with Crippen molar-refractivity contribution in [1.29, 1.82) is 0 Å². The van der Waals surface area contributed by atoms with Gasteiger partial charge in [-0.25, -0.2) is 9.97 Å². The van der Waals surface area contributed by atoms with Crippen molar-refractivity contribution in [2.45, 2.75) is 25.5 Å². The number of ether oxygens (including phenoxy) is 1. The highest BCUT2D eigenvalue weighted by Gasteiger charge is 2.23. The van der Waals surface area contributed by atoms with Crippen molar-refractivity contribution in [2.24, 2.45) is 0 Å². The monoisotopic (exact) mass is 305 g/mol. The van der Waals surface area contributed by atoms with E-state index in [-0.39, 0.29) is 11.3 Å². The zero-order chi connectivity index (χ0) is 14.7. The van der Waals surface area contributed by atoms with E-state index in [2.05, 4.69) is 20.3 Å². The van der Waals surface area contributed by atoms with Crippen molar-refractivity contribution in [2.75, 3.05) is 17.7 Å². The van der Waals surface area contributed by atoms with Crippen LogP contribution in [-0.2, 0) is 11.3 Å². The Morgan fingerprint density at radius 2 is 2.29 bits per heavy atom. The zero-order valence-electron chi connectivity index (χ0n) is 11.4. The summed E-state index contributed by atoms with van der Waals surface area (Å²) in [5.74, 6) is 1.10. The molecule has 0 amide bonds. The zero-order valence-corrected chi connectivity index (χ0v) is 12.2. The lowest BCUT2D eigenvalue weighted by Gasteiger charge is -2.13. The van der Waals surface area contributed by atoms with E-state index in [1.54, 1.807) is 6.20 Å². The van der Waals surface area contributed by atoms with Gasteiger partial charge in [0, 0.05) is 12.8 Å². The summed E-state index contributed by atoms with van der Waals surface area (Å²) in [5, 5.41) is 3.40. The molecule has 1 unspecified atom stereocenters. The maximum Gasteiger partial charge on any atom is 0.161 e. The predicted octanol–water partition coefficient (Wildman–Crippen LogP) is 2.57. The molecule has 0 aliphatic carbocycles. The van der Waals surface area contributed by atoms with E-state index in [1.165, 1.54) is 0 Å². The molecule has 21 heavy (non-hydrogen) atoms. The third-order valence-corrected chi connectivity index (χ3v) is 3.59. The van der Waals surface area contributed by atoms with Crippen LogP contribution in [0, 0.1) is 0 Å². The second-order valence-electron chi connectivity index (χ2n) is 4.81. The molecule has 2 aromatic heterocycles. The molecule has 1 atom stereocenters. The van der Waals surface area contributed by atoms with Crippen molar-refractivity contribution in [3.8, 4) is 0 Å². The van der Waals surface area contributed by atoms with Gasteiger partial charge in [-0.1, -0.05) is 17.7 Å². The quantitative estimate of drug-likeness (QED) is 0.844. The highest BCUT2D eigenvalue weighted by atomic mass is 35.5. The summed E-state index contributed by atoms with van der Waals surface area (Å²) >= 11 is 6.09. The molecule has 1 saturated heterocycles. The molecule has 7 heteroatoms. The Balaban J connectivity index is 1.80. The first-order chi connectivity index (χ1) is 10.2. The van der Waals surface area contributed by atoms with Gasteiger partial charge >= 0.3 is 0 Å². The largest absolute Gasteiger partial charge is 0.393 e. The van der Waals surface area contributed by atoms with Gasteiger partial charge in [0.25, 0.3) is 0 Å². The van der Waals surface area contributed by atoms with Crippen molar-refractivity contribution in [3.63, 3.8) is 0 Å². The molecular formula is C14H16ClN5O. The minimum Gasteiger partial charge on any atom is -0.393 e. The Morgan fingerprint density at radius 1 is 1.38 bits per heavy atom. The van der Waals surface area contributed by atoms with Crippen LogP contribution in [-0.4, -0.2) is 21.6 Å². The van der Waals surface area contributed by atoms with Crippen molar-refractivity contribution < 1.29 is 4.74 Å². The summed E-state index contributed by atoms with van der Waals surface area (Å²) < 4.78 is 5.59. The van der Waals surface area contributed by atoms with Gasteiger partial charge in [0.05, 0.1) is 12.2 Å². The van der Waals surface area contributed by atoms with Gasteiger partial charge in [-0.3, -0.25) is 4.98 Å². The van der Waals surface area contributed by atoms with Crippen LogP contribution in [0.5, 0.6) is 0 Å². The SMILES string of the molecule is Nc1c(Cl)nc(C2CCCO2)nc1NCc1ccccn1. The van der Waals surface area contributed by atoms with Crippen LogP contribution >= 0.6 is 11.6 Å². The third-order valence-electron chi connectivity index (χ3n) is 3.30. The van der Waals surface area contributed by atoms with Crippen LogP contribution in [0.4, 0.5) is 11.5 Å². The van der Waals surface area contributed by atoms with E-state index in [0.29, 0.717) is 23.9 Å². The van der Waals surface area contributed by atoms with Gasteiger partial charge in [-0.2, -0.15) is 0 Å². The molecule has 3 rings (SSSR count). The van der Waals surface area contributed by atoms with Gasteiger partial charge in [-0.15, -0.1) is 0 Å². The maximum absolute atomic E-state index is 6.09. The number of nitrogens with one attached hydrogen (secondary N) is 1. The molecule has 110 valence electrons. The minimum absolute atomic E-state index is 0.0986. The van der Waals surface area contributed by atoms with Crippen LogP contribution in [0.25, 0.3) is 0 Å². The highest BCUT2D eigenvalue weighted by molar-refractivity contribution is 6.32. The molecule has 1 aliphatic heterocycles. The molecular weight excluding hydrogens is 290 g/mol.